The average Bonchev–Trinajstić information content (AvgIpc) is 2.40. The molecule has 19 heavy (non-hydrogen) atoms. The quantitative estimate of drug-likeness (QED) is 0.840. The second-order valence-electron chi connectivity index (χ2n) is 3.91. The zero-order valence-corrected chi connectivity index (χ0v) is 12.2. The Kier molecular flexibility index (Phi) is 4.39. The third-order valence-corrected chi connectivity index (χ3v) is 3.64. The number of hydrogen-bond donors (Lipinski definition) is 2. The molecule has 1 aromatic carbocycles. The standard InChI is InChI=1S/C13H11BrClN3O/c14-11-5-10(7-18-12(11)15)17-6-8-2-1-3-9(4-8)13(16)19/h1-5,7,17H,6H2,(H2,16,19). The Bertz CT molecular complexity index is 619. The summed E-state index contributed by atoms with van der Waals surface area (Å²) in [4.78, 5) is 15.1. The minimum atomic E-state index is -0.433. The fourth-order valence-electron chi connectivity index (χ4n) is 1.56. The Balaban J connectivity index is 2.07. The summed E-state index contributed by atoms with van der Waals surface area (Å²) in [6.07, 6.45) is 1.64. The average molecular weight is 341 g/mol. The fourth-order valence-corrected chi connectivity index (χ4v) is 2.01. The molecular formula is C13H11BrClN3O. The molecule has 0 unspecified atom stereocenters. The highest BCUT2D eigenvalue weighted by molar-refractivity contribution is 9.10. The molecule has 0 fully saturated rings. The van der Waals surface area contributed by atoms with Crippen LogP contribution in [0, 0.1) is 0 Å². The van der Waals surface area contributed by atoms with E-state index in [0.29, 0.717) is 17.3 Å². The maximum atomic E-state index is 11.1. The third kappa shape index (κ3) is 3.68. The third-order valence-electron chi connectivity index (χ3n) is 2.50. The van der Waals surface area contributed by atoms with Gasteiger partial charge in [0.05, 0.1) is 16.4 Å². The van der Waals surface area contributed by atoms with E-state index in [4.69, 9.17) is 17.3 Å². The van der Waals surface area contributed by atoms with Crippen LogP contribution in [0.4, 0.5) is 5.69 Å². The molecule has 2 rings (SSSR count). The van der Waals surface area contributed by atoms with Crippen LogP contribution in [-0.4, -0.2) is 10.9 Å². The molecule has 1 aromatic heterocycles. The molecule has 0 aliphatic carbocycles. The van der Waals surface area contributed by atoms with Gasteiger partial charge in [-0.2, -0.15) is 0 Å². The van der Waals surface area contributed by atoms with Crippen molar-refractivity contribution >= 4 is 39.1 Å². The van der Waals surface area contributed by atoms with Crippen molar-refractivity contribution in [2.75, 3.05) is 5.32 Å². The molecule has 0 radical (unpaired) electrons. The highest BCUT2D eigenvalue weighted by atomic mass is 79.9. The van der Waals surface area contributed by atoms with E-state index < -0.39 is 5.91 Å². The summed E-state index contributed by atoms with van der Waals surface area (Å²) in [5.41, 5.74) is 7.53. The van der Waals surface area contributed by atoms with Gasteiger partial charge in [0.1, 0.15) is 5.15 Å². The number of halogens is 2. The van der Waals surface area contributed by atoms with Crippen LogP contribution in [0.5, 0.6) is 0 Å². The van der Waals surface area contributed by atoms with Crippen LogP contribution in [0.2, 0.25) is 5.15 Å². The second-order valence-corrected chi connectivity index (χ2v) is 5.13. The van der Waals surface area contributed by atoms with Gasteiger partial charge in [0.15, 0.2) is 0 Å². The monoisotopic (exact) mass is 339 g/mol. The number of benzene rings is 1. The SMILES string of the molecule is NC(=O)c1cccc(CNc2cnc(Cl)c(Br)c2)c1. The maximum Gasteiger partial charge on any atom is 0.248 e. The number of rotatable bonds is 4. The van der Waals surface area contributed by atoms with E-state index in [1.165, 1.54) is 0 Å². The summed E-state index contributed by atoms with van der Waals surface area (Å²) in [6.45, 7) is 0.566. The van der Waals surface area contributed by atoms with Gasteiger partial charge in [-0.15, -0.1) is 0 Å². The molecule has 6 heteroatoms. The number of pyridine rings is 1. The van der Waals surface area contributed by atoms with Gasteiger partial charge in [-0.05, 0) is 39.7 Å². The number of amides is 1. The summed E-state index contributed by atoms with van der Waals surface area (Å²) in [5, 5.41) is 3.61. The number of nitrogens with two attached hydrogens (primary N) is 1. The smallest absolute Gasteiger partial charge is 0.248 e. The van der Waals surface area contributed by atoms with E-state index in [0.717, 1.165) is 15.7 Å². The van der Waals surface area contributed by atoms with Gasteiger partial charge < -0.3 is 11.1 Å². The lowest BCUT2D eigenvalue weighted by Crippen LogP contribution is -2.11. The summed E-state index contributed by atoms with van der Waals surface area (Å²) in [5.74, 6) is -0.433. The Morgan fingerprint density at radius 2 is 2.21 bits per heavy atom. The van der Waals surface area contributed by atoms with Crippen LogP contribution >= 0.6 is 27.5 Å². The largest absolute Gasteiger partial charge is 0.380 e. The number of primary amides is 1. The van der Waals surface area contributed by atoms with Crippen molar-refractivity contribution < 1.29 is 4.79 Å². The van der Waals surface area contributed by atoms with E-state index in [-0.39, 0.29) is 0 Å². The van der Waals surface area contributed by atoms with Crippen LogP contribution in [0.15, 0.2) is 41.0 Å². The van der Waals surface area contributed by atoms with E-state index in [1.807, 2.05) is 12.1 Å². The molecule has 0 aliphatic heterocycles. The van der Waals surface area contributed by atoms with E-state index >= 15 is 0 Å². The van der Waals surface area contributed by atoms with Gasteiger partial charge in [0.2, 0.25) is 5.91 Å². The summed E-state index contributed by atoms with van der Waals surface area (Å²) < 4.78 is 0.727. The molecule has 4 nitrogen and oxygen atoms in total. The first-order valence-electron chi connectivity index (χ1n) is 5.50. The maximum absolute atomic E-state index is 11.1. The van der Waals surface area contributed by atoms with E-state index in [9.17, 15) is 4.79 Å². The molecule has 1 heterocycles. The van der Waals surface area contributed by atoms with Crippen molar-refractivity contribution in [3.05, 3.63) is 57.3 Å². The normalized spacial score (nSPS) is 10.2. The highest BCUT2D eigenvalue weighted by Crippen LogP contribution is 2.23. The number of carbonyl (C=O) groups excluding carboxylic acids is 1. The first kappa shape index (κ1) is 13.8. The minimum absolute atomic E-state index is 0.418. The molecule has 0 atom stereocenters. The van der Waals surface area contributed by atoms with Crippen molar-refractivity contribution in [2.45, 2.75) is 6.54 Å². The van der Waals surface area contributed by atoms with Gasteiger partial charge >= 0.3 is 0 Å². The van der Waals surface area contributed by atoms with Crippen molar-refractivity contribution in [1.82, 2.24) is 4.98 Å². The molecule has 0 spiro atoms. The summed E-state index contributed by atoms with van der Waals surface area (Å²) in [6, 6.07) is 9.00. The lowest BCUT2D eigenvalue weighted by atomic mass is 10.1. The molecule has 2 aromatic rings. The highest BCUT2D eigenvalue weighted by Gasteiger charge is 2.03. The predicted molar refractivity (Wildman–Crippen MR) is 79.2 cm³/mol. The second kappa shape index (κ2) is 6.04. The van der Waals surface area contributed by atoms with Crippen LogP contribution in [0.1, 0.15) is 15.9 Å². The van der Waals surface area contributed by atoms with Crippen LogP contribution in [0.3, 0.4) is 0 Å². The Morgan fingerprint density at radius 3 is 2.89 bits per heavy atom. The van der Waals surface area contributed by atoms with Crippen molar-refractivity contribution in [2.24, 2.45) is 5.73 Å². The minimum Gasteiger partial charge on any atom is -0.380 e. The van der Waals surface area contributed by atoms with Crippen LogP contribution in [0.25, 0.3) is 0 Å². The summed E-state index contributed by atoms with van der Waals surface area (Å²) in [7, 11) is 0. The molecule has 3 N–H and O–H groups in total. The molecular weight excluding hydrogens is 330 g/mol. The zero-order valence-electron chi connectivity index (χ0n) is 9.86. The van der Waals surface area contributed by atoms with E-state index in [2.05, 4.69) is 26.2 Å². The number of nitrogens with zero attached hydrogens (tertiary/aromatic N) is 1. The number of aromatic nitrogens is 1. The van der Waals surface area contributed by atoms with Crippen LogP contribution < -0.4 is 11.1 Å². The van der Waals surface area contributed by atoms with Gasteiger partial charge in [0, 0.05) is 12.1 Å². The topological polar surface area (TPSA) is 68.0 Å². The molecule has 1 amide bonds. The Hall–Kier alpha value is -1.59. The predicted octanol–water partition coefficient (Wildman–Crippen LogP) is 3.21. The van der Waals surface area contributed by atoms with Crippen molar-refractivity contribution in [3.63, 3.8) is 0 Å². The number of hydrogen-bond acceptors (Lipinski definition) is 3. The Labute approximate surface area is 124 Å². The fraction of sp³-hybridized carbons (Fsp3) is 0.0769. The molecule has 98 valence electrons. The van der Waals surface area contributed by atoms with Crippen molar-refractivity contribution in [1.29, 1.82) is 0 Å². The first-order valence-corrected chi connectivity index (χ1v) is 6.67. The van der Waals surface area contributed by atoms with Gasteiger partial charge in [-0.3, -0.25) is 4.79 Å². The molecule has 0 aliphatic rings. The molecule has 0 saturated carbocycles. The van der Waals surface area contributed by atoms with Gasteiger partial charge in [-0.25, -0.2) is 4.98 Å². The number of carbonyl (C=O) groups is 1. The number of nitrogens with one attached hydrogen (secondary N) is 1. The van der Waals surface area contributed by atoms with Gasteiger partial charge in [0.25, 0.3) is 0 Å². The zero-order chi connectivity index (χ0) is 13.8. The summed E-state index contributed by atoms with van der Waals surface area (Å²) >= 11 is 9.12. The van der Waals surface area contributed by atoms with E-state index in [1.54, 1.807) is 24.4 Å². The number of anilines is 1. The first-order chi connectivity index (χ1) is 9.06. The Morgan fingerprint density at radius 1 is 1.42 bits per heavy atom. The van der Waals surface area contributed by atoms with Crippen LogP contribution in [-0.2, 0) is 6.54 Å². The lowest BCUT2D eigenvalue weighted by Gasteiger charge is -2.08. The van der Waals surface area contributed by atoms with Crippen molar-refractivity contribution in [3.8, 4) is 0 Å². The molecule has 0 bridgehead atoms. The molecule has 0 saturated heterocycles. The lowest BCUT2D eigenvalue weighted by molar-refractivity contribution is 0.1000. The van der Waals surface area contributed by atoms with Gasteiger partial charge in [-0.1, -0.05) is 23.7 Å².